The third-order valence-electron chi connectivity index (χ3n) is 5.47. The summed E-state index contributed by atoms with van der Waals surface area (Å²) in [4.78, 5) is 28.0. The van der Waals surface area contributed by atoms with Crippen molar-refractivity contribution >= 4 is 27.5 Å². The molecule has 0 radical (unpaired) electrons. The molecule has 186 valence electrons. The lowest BCUT2D eigenvalue weighted by Gasteiger charge is -2.33. The smallest absolute Gasteiger partial charge is 0.244 e. The van der Waals surface area contributed by atoms with E-state index < -0.39 is 27.5 Å². The van der Waals surface area contributed by atoms with Crippen LogP contribution < -0.4 is 9.62 Å². The lowest BCUT2D eigenvalue weighted by molar-refractivity contribution is -0.139. The van der Waals surface area contributed by atoms with Crippen LogP contribution in [-0.4, -0.2) is 56.1 Å². The molecule has 0 aliphatic heterocycles. The van der Waals surface area contributed by atoms with E-state index >= 15 is 0 Å². The highest BCUT2D eigenvalue weighted by Crippen LogP contribution is 2.24. The number of anilines is 1. The molecule has 0 saturated heterocycles. The molecule has 0 spiro atoms. The van der Waals surface area contributed by atoms with Crippen LogP contribution >= 0.6 is 0 Å². The predicted octanol–water partition coefficient (Wildman–Crippen LogP) is 3.39. The zero-order chi connectivity index (χ0) is 25.5. The number of nitrogens with zero attached hydrogens (tertiary/aromatic N) is 2. The fourth-order valence-corrected chi connectivity index (χ4v) is 4.57. The molecule has 8 heteroatoms. The van der Waals surface area contributed by atoms with Gasteiger partial charge in [-0.05, 0) is 57.7 Å². The number of sulfonamides is 1. The number of benzene rings is 2. The van der Waals surface area contributed by atoms with Crippen LogP contribution in [-0.2, 0) is 32.5 Å². The lowest BCUT2D eigenvalue weighted by Crippen LogP contribution is -2.55. The maximum absolute atomic E-state index is 13.5. The average Bonchev–Trinajstić information content (AvgIpc) is 2.76. The Hall–Kier alpha value is -2.87. The number of rotatable bonds is 10. The summed E-state index contributed by atoms with van der Waals surface area (Å²) >= 11 is 0. The van der Waals surface area contributed by atoms with Crippen LogP contribution in [0.3, 0.4) is 0 Å². The maximum atomic E-state index is 13.5. The summed E-state index contributed by atoms with van der Waals surface area (Å²) in [5, 5.41) is 2.92. The van der Waals surface area contributed by atoms with E-state index in [1.807, 2.05) is 70.2 Å². The lowest BCUT2D eigenvalue weighted by atomic mass is 10.1. The van der Waals surface area contributed by atoms with E-state index in [4.69, 9.17) is 0 Å². The van der Waals surface area contributed by atoms with E-state index in [9.17, 15) is 18.0 Å². The third kappa shape index (κ3) is 7.87. The van der Waals surface area contributed by atoms with Gasteiger partial charge >= 0.3 is 0 Å². The van der Waals surface area contributed by atoms with Crippen molar-refractivity contribution in [3.05, 3.63) is 65.7 Å². The van der Waals surface area contributed by atoms with E-state index in [1.165, 1.54) is 4.90 Å². The first-order valence-corrected chi connectivity index (χ1v) is 13.4. The molecule has 0 aliphatic carbocycles. The second kappa shape index (κ2) is 11.5. The molecule has 0 bridgehead atoms. The highest BCUT2D eigenvalue weighted by molar-refractivity contribution is 7.92. The molecule has 2 aromatic carbocycles. The number of nitrogens with one attached hydrogen (secondary N) is 1. The van der Waals surface area contributed by atoms with Gasteiger partial charge in [0, 0.05) is 12.1 Å². The van der Waals surface area contributed by atoms with Gasteiger partial charge in [-0.3, -0.25) is 13.9 Å². The zero-order valence-electron chi connectivity index (χ0n) is 21.0. The van der Waals surface area contributed by atoms with Crippen LogP contribution in [0.4, 0.5) is 5.69 Å². The van der Waals surface area contributed by atoms with Gasteiger partial charge in [0.25, 0.3) is 0 Å². The van der Waals surface area contributed by atoms with Crippen LogP contribution in [0.15, 0.2) is 54.6 Å². The van der Waals surface area contributed by atoms with Crippen molar-refractivity contribution in [2.45, 2.75) is 59.0 Å². The largest absolute Gasteiger partial charge is 0.350 e. The molecule has 1 N–H and O–H groups in total. The van der Waals surface area contributed by atoms with Crippen LogP contribution in [0.2, 0.25) is 0 Å². The molecule has 34 heavy (non-hydrogen) atoms. The van der Waals surface area contributed by atoms with Crippen molar-refractivity contribution in [2.24, 2.45) is 0 Å². The van der Waals surface area contributed by atoms with Gasteiger partial charge < -0.3 is 10.2 Å². The molecule has 0 aliphatic rings. The summed E-state index contributed by atoms with van der Waals surface area (Å²) in [6.07, 6.45) is 2.26. The first-order valence-electron chi connectivity index (χ1n) is 11.5. The number of carbonyl (C=O) groups is 2. The van der Waals surface area contributed by atoms with Gasteiger partial charge in [0.05, 0.1) is 11.9 Å². The summed E-state index contributed by atoms with van der Waals surface area (Å²) in [5.41, 5.74) is 1.88. The summed E-state index contributed by atoms with van der Waals surface area (Å²) < 4.78 is 26.5. The SMILES string of the molecule is CCc1ccccc1N(CC(=O)N(CCc1ccccc1)C(C)C(=O)NC(C)(C)C)S(C)(=O)=O. The van der Waals surface area contributed by atoms with Crippen molar-refractivity contribution in [3.8, 4) is 0 Å². The second-order valence-electron chi connectivity index (χ2n) is 9.49. The first-order chi connectivity index (χ1) is 15.8. The average molecular weight is 488 g/mol. The van der Waals surface area contributed by atoms with Crippen molar-refractivity contribution in [2.75, 3.05) is 23.7 Å². The standard InChI is InChI=1S/C26H37N3O4S/c1-7-22-15-11-12-16-23(22)29(34(6,32)33)19-24(30)28(18-17-21-13-9-8-10-14-21)20(2)25(31)27-26(3,4)5/h8-16,20H,7,17-19H2,1-6H3,(H,27,31). The molecule has 1 atom stereocenters. The Labute approximate surface area is 204 Å². The molecule has 2 aromatic rings. The topological polar surface area (TPSA) is 86.8 Å². The molecular weight excluding hydrogens is 450 g/mol. The molecule has 0 aromatic heterocycles. The molecule has 1 unspecified atom stereocenters. The summed E-state index contributed by atoms with van der Waals surface area (Å²) in [6, 6.07) is 16.1. The minimum Gasteiger partial charge on any atom is -0.350 e. The highest BCUT2D eigenvalue weighted by atomic mass is 32.2. The number of hydrogen-bond acceptors (Lipinski definition) is 4. The van der Waals surface area contributed by atoms with Gasteiger partial charge in [-0.1, -0.05) is 55.5 Å². The highest BCUT2D eigenvalue weighted by Gasteiger charge is 2.31. The van der Waals surface area contributed by atoms with Crippen LogP contribution in [0, 0.1) is 0 Å². The fraction of sp³-hybridized carbons (Fsp3) is 0.462. The van der Waals surface area contributed by atoms with Gasteiger partial charge in [0.15, 0.2) is 0 Å². The molecule has 7 nitrogen and oxygen atoms in total. The van der Waals surface area contributed by atoms with Crippen molar-refractivity contribution in [1.82, 2.24) is 10.2 Å². The minimum absolute atomic E-state index is 0.284. The van der Waals surface area contributed by atoms with Gasteiger partial charge in [-0.25, -0.2) is 8.42 Å². The summed E-state index contributed by atoms with van der Waals surface area (Å²) in [7, 11) is -3.74. The quantitative estimate of drug-likeness (QED) is 0.557. The molecule has 0 saturated carbocycles. The van der Waals surface area contributed by atoms with Gasteiger partial charge in [-0.2, -0.15) is 0 Å². The Kier molecular flexibility index (Phi) is 9.27. The molecule has 0 fully saturated rings. The van der Waals surface area contributed by atoms with Crippen LogP contribution in [0.1, 0.15) is 45.7 Å². The summed E-state index contributed by atoms with van der Waals surface area (Å²) in [6.45, 7) is 9.15. The maximum Gasteiger partial charge on any atom is 0.244 e. The van der Waals surface area contributed by atoms with E-state index in [0.717, 1.165) is 21.7 Å². The third-order valence-corrected chi connectivity index (χ3v) is 6.60. The Morgan fingerprint density at radius 3 is 2.15 bits per heavy atom. The number of para-hydroxylation sites is 1. The van der Waals surface area contributed by atoms with Crippen LogP contribution in [0.5, 0.6) is 0 Å². The molecular formula is C26H37N3O4S. The Bertz CT molecular complexity index is 1080. The zero-order valence-corrected chi connectivity index (χ0v) is 21.9. The monoisotopic (exact) mass is 487 g/mol. The second-order valence-corrected chi connectivity index (χ2v) is 11.4. The van der Waals surface area contributed by atoms with Gasteiger partial charge in [-0.15, -0.1) is 0 Å². The fourth-order valence-electron chi connectivity index (χ4n) is 3.69. The van der Waals surface area contributed by atoms with E-state index in [0.29, 0.717) is 18.5 Å². The van der Waals surface area contributed by atoms with Crippen molar-refractivity contribution < 1.29 is 18.0 Å². The van der Waals surface area contributed by atoms with Crippen molar-refractivity contribution in [3.63, 3.8) is 0 Å². The Morgan fingerprint density at radius 2 is 1.59 bits per heavy atom. The first kappa shape index (κ1) is 27.4. The predicted molar refractivity (Wildman–Crippen MR) is 137 cm³/mol. The summed E-state index contributed by atoms with van der Waals surface area (Å²) in [5.74, 6) is -0.711. The Morgan fingerprint density at radius 1 is 1.00 bits per heavy atom. The van der Waals surface area contributed by atoms with E-state index in [2.05, 4.69) is 5.32 Å². The number of amides is 2. The number of hydrogen-bond donors (Lipinski definition) is 1. The molecule has 2 amide bonds. The normalized spacial score (nSPS) is 12.6. The van der Waals surface area contributed by atoms with Crippen LogP contribution in [0.25, 0.3) is 0 Å². The van der Waals surface area contributed by atoms with Crippen molar-refractivity contribution in [1.29, 1.82) is 0 Å². The number of carbonyl (C=O) groups excluding carboxylic acids is 2. The molecule has 0 heterocycles. The minimum atomic E-state index is -3.74. The van der Waals surface area contributed by atoms with E-state index in [1.54, 1.807) is 19.1 Å². The Balaban J connectivity index is 2.36. The van der Waals surface area contributed by atoms with E-state index in [-0.39, 0.29) is 19.0 Å². The van der Waals surface area contributed by atoms with Gasteiger partial charge in [0.2, 0.25) is 21.8 Å². The molecule has 2 rings (SSSR count). The van der Waals surface area contributed by atoms with Gasteiger partial charge in [0.1, 0.15) is 12.6 Å². The number of aryl methyl sites for hydroxylation is 1.